The first-order valence-electron chi connectivity index (χ1n) is 6.73. The van der Waals surface area contributed by atoms with Gasteiger partial charge < -0.3 is 10.2 Å². The van der Waals surface area contributed by atoms with E-state index in [2.05, 4.69) is 10.3 Å². The number of benzene rings is 1. The average Bonchev–Trinajstić information content (AvgIpc) is 2.53. The fourth-order valence-electron chi connectivity index (χ4n) is 1.95. The van der Waals surface area contributed by atoms with Gasteiger partial charge in [0.25, 0.3) is 0 Å². The molecular weight excluding hydrogens is 286 g/mol. The molecule has 0 bridgehead atoms. The lowest BCUT2D eigenvalue weighted by Gasteiger charge is -2.25. The van der Waals surface area contributed by atoms with Gasteiger partial charge in [-0.15, -0.1) is 0 Å². The van der Waals surface area contributed by atoms with Crippen LogP contribution in [-0.4, -0.2) is 23.0 Å². The zero-order chi connectivity index (χ0) is 15.2. The van der Waals surface area contributed by atoms with Crippen molar-refractivity contribution in [1.82, 2.24) is 15.2 Å². The second kappa shape index (κ2) is 7.09. The molecular formula is C16H18ClN3O. The van der Waals surface area contributed by atoms with E-state index in [4.69, 9.17) is 11.6 Å². The SMILES string of the molecule is CC(c1ccc(Cl)cc1)N(C)C(=O)NCc1cccnc1. The molecule has 2 amide bonds. The smallest absolute Gasteiger partial charge is 0.317 e. The van der Waals surface area contributed by atoms with Crippen LogP contribution in [0.25, 0.3) is 0 Å². The maximum atomic E-state index is 12.2. The van der Waals surface area contributed by atoms with Crippen LogP contribution in [0.4, 0.5) is 4.79 Å². The Kier molecular flexibility index (Phi) is 5.17. The van der Waals surface area contributed by atoms with Gasteiger partial charge in [-0.3, -0.25) is 4.98 Å². The molecule has 0 fully saturated rings. The Bertz CT molecular complexity index is 586. The van der Waals surface area contributed by atoms with E-state index in [0.717, 1.165) is 11.1 Å². The lowest BCUT2D eigenvalue weighted by Crippen LogP contribution is -2.38. The van der Waals surface area contributed by atoms with Gasteiger partial charge in [0, 0.05) is 31.0 Å². The summed E-state index contributed by atoms with van der Waals surface area (Å²) in [5.41, 5.74) is 2.01. The molecule has 0 spiro atoms. The van der Waals surface area contributed by atoms with Crippen molar-refractivity contribution in [3.05, 3.63) is 64.9 Å². The van der Waals surface area contributed by atoms with Crippen LogP contribution in [0.3, 0.4) is 0 Å². The molecule has 0 saturated carbocycles. The van der Waals surface area contributed by atoms with Crippen molar-refractivity contribution in [2.75, 3.05) is 7.05 Å². The molecule has 1 N–H and O–H groups in total. The highest BCUT2D eigenvalue weighted by Gasteiger charge is 2.16. The van der Waals surface area contributed by atoms with Crippen LogP contribution in [0, 0.1) is 0 Å². The molecule has 2 rings (SSSR count). The van der Waals surface area contributed by atoms with Gasteiger partial charge in [-0.1, -0.05) is 29.8 Å². The van der Waals surface area contributed by atoms with E-state index in [-0.39, 0.29) is 12.1 Å². The Morgan fingerprint density at radius 3 is 2.67 bits per heavy atom. The van der Waals surface area contributed by atoms with Crippen molar-refractivity contribution >= 4 is 17.6 Å². The first kappa shape index (κ1) is 15.3. The maximum absolute atomic E-state index is 12.2. The summed E-state index contributed by atoms with van der Waals surface area (Å²) in [4.78, 5) is 17.9. The number of carbonyl (C=O) groups is 1. The molecule has 1 heterocycles. The fourth-order valence-corrected chi connectivity index (χ4v) is 2.07. The highest BCUT2D eigenvalue weighted by Crippen LogP contribution is 2.20. The predicted octanol–water partition coefficient (Wildman–Crippen LogP) is 3.64. The first-order valence-corrected chi connectivity index (χ1v) is 7.11. The second-order valence-corrected chi connectivity index (χ2v) is 5.29. The summed E-state index contributed by atoms with van der Waals surface area (Å²) in [5.74, 6) is 0. The zero-order valence-electron chi connectivity index (χ0n) is 12.1. The Morgan fingerprint density at radius 1 is 1.33 bits per heavy atom. The summed E-state index contributed by atoms with van der Waals surface area (Å²) in [6.07, 6.45) is 3.45. The van der Waals surface area contributed by atoms with E-state index in [0.29, 0.717) is 11.6 Å². The Morgan fingerprint density at radius 2 is 2.05 bits per heavy atom. The van der Waals surface area contributed by atoms with Gasteiger partial charge >= 0.3 is 6.03 Å². The summed E-state index contributed by atoms with van der Waals surface area (Å²) >= 11 is 5.88. The minimum absolute atomic E-state index is 0.0313. The number of amides is 2. The minimum Gasteiger partial charge on any atom is -0.334 e. The van der Waals surface area contributed by atoms with E-state index in [1.165, 1.54) is 0 Å². The molecule has 5 heteroatoms. The van der Waals surface area contributed by atoms with E-state index in [1.54, 1.807) is 24.3 Å². The van der Waals surface area contributed by atoms with E-state index < -0.39 is 0 Å². The third-order valence-corrected chi connectivity index (χ3v) is 3.67. The molecule has 1 unspecified atom stereocenters. The van der Waals surface area contributed by atoms with Crippen molar-refractivity contribution in [3.8, 4) is 0 Å². The van der Waals surface area contributed by atoms with Gasteiger partial charge in [0.15, 0.2) is 0 Å². The number of hydrogen-bond acceptors (Lipinski definition) is 2. The molecule has 0 aliphatic heterocycles. The third kappa shape index (κ3) is 4.20. The fraction of sp³-hybridized carbons (Fsp3) is 0.250. The Hall–Kier alpha value is -2.07. The number of aromatic nitrogens is 1. The lowest BCUT2D eigenvalue weighted by molar-refractivity contribution is 0.194. The normalized spacial score (nSPS) is 11.8. The first-order chi connectivity index (χ1) is 10.1. The van der Waals surface area contributed by atoms with Crippen molar-refractivity contribution in [1.29, 1.82) is 0 Å². The molecule has 4 nitrogen and oxygen atoms in total. The van der Waals surface area contributed by atoms with Crippen LogP contribution in [0.5, 0.6) is 0 Å². The standard InChI is InChI=1S/C16H18ClN3O/c1-12(14-5-7-15(17)8-6-14)20(2)16(21)19-11-13-4-3-9-18-10-13/h3-10,12H,11H2,1-2H3,(H,19,21). The molecule has 110 valence electrons. The maximum Gasteiger partial charge on any atom is 0.317 e. The van der Waals surface area contributed by atoms with Gasteiger partial charge in [0.2, 0.25) is 0 Å². The van der Waals surface area contributed by atoms with Crippen LogP contribution in [0.1, 0.15) is 24.1 Å². The van der Waals surface area contributed by atoms with Gasteiger partial charge in [-0.05, 0) is 36.2 Å². The highest BCUT2D eigenvalue weighted by molar-refractivity contribution is 6.30. The lowest BCUT2D eigenvalue weighted by atomic mass is 10.1. The van der Waals surface area contributed by atoms with Gasteiger partial charge in [-0.25, -0.2) is 4.79 Å². The van der Waals surface area contributed by atoms with E-state index >= 15 is 0 Å². The van der Waals surface area contributed by atoms with Crippen molar-refractivity contribution in [2.45, 2.75) is 19.5 Å². The topological polar surface area (TPSA) is 45.2 Å². The van der Waals surface area contributed by atoms with Crippen LogP contribution in [-0.2, 0) is 6.54 Å². The summed E-state index contributed by atoms with van der Waals surface area (Å²) < 4.78 is 0. The predicted molar refractivity (Wildman–Crippen MR) is 84.1 cm³/mol. The number of pyridine rings is 1. The summed E-state index contributed by atoms with van der Waals surface area (Å²) in [5, 5.41) is 3.57. The molecule has 0 radical (unpaired) electrons. The monoisotopic (exact) mass is 303 g/mol. The number of nitrogens with zero attached hydrogens (tertiary/aromatic N) is 2. The number of urea groups is 1. The van der Waals surface area contributed by atoms with Crippen molar-refractivity contribution in [3.63, 3.8) is 0 Å². The largest absolute Gasteiger partial charge is 0.334 e. The van der Waals surface area contributed by atoms with E-state index in [1.807, 2.05) is 43.3 Å². The number of rotatable bonds is 4. The number of nitrogens with one attached hydrogen (secondary N) is 1. The van der Waals surface area contributed by atoms with Gasteiger partial charge in [-0.2, -0.15) is 0 Å². The van der Waals surface area contributed by atoms with E-state index in [9.17, 15) is 4.79 Å². The van der Waals surface area contributed by atoms with Gasteiger partial charge in [0.1, 0.15) is 0 Å². The van der Waals surface area contributed by atoms with Crippen LogP contribution in [0.15, 0.2) is 48.8 Å². The quantitative estimate of drug-likeness (QED) is 0.937. The highest BCUT2D eigenvalue weighted by atomic mass is 35.5. The minimum atomic E-state index is -0.124. The van der Waals surface area contributed by atoms with Crippen molar-refractivity contribution in [2.24, 2.45) is 0 Å². The number of halogens is 1. The summed E-state index contributed by atoms with van der Waals surface area (Å²) in [6, 6.07) is 11.1. The Balaban J connectivity index is 1.94. The molecule has 1 atom stereocenters. The third-order valence-electron chi connectivity index (χ3n) is 3.42. The molecule has 2 aromatic rings. The molecule has 1 aromatic heterocycles. The summed E-state index contributed by atoms with van der Waals surface area (Å²) in [6.45, 7) is 2.44. The van der Waals surface area contributed by atoms with Crippen LogP contribution >= 0.6 is 11.6 Å². The molecule has 21 heavy (non-hydrogen) atoms. The summed E-state index contributed by atoms with van der Waals surface area (Å²) in [7, 11) is 1.78. The molecule has 0 aliphatic rings. The van der Waals surface area contributed by atoms with Gasteiger partial charge in [0.05, 0.1) is 6.04 Å². The molecule has 0 saturated heterocycles. The number of hydrogen-bond donors (Lipinski definition) is 1. The van der Waals surface area contributed by atoms with Crippen LogP contribution in [0.2, 0.25) is 5.02 Å². The molecule has 1 aromatic carbocycles. The zero-order valence-corrected chi connectivity index (χ0v) is 12.8. The van der Waals surface area contributed by atoms with Crippen LogP contribution < -0.4 is 5.32 Å². The second-order valence-electron chi connectivity index (χ2n) is 4.86. The Labute approximate surface area is 129 Å². The average molecular weight is 304 g/mol. The molecule has 0 aliphatic carbocycles. The van der Waals surface area contributed by atoms with Crippen molar-refractivity contribution < 1.29 is 4.79 Å². The number of carbonyl (C=O) groups excluding carboxylic acids is 1.